The number of aliphatic hydroxyl groups is 1. The van der Waals surface area contributed by atoms with Crippen LogP contribution in [0.15, 0.2) is 24.3 Å². The third-order valence-electron chi connectivity index (χ3n) is 3.68. The van der Waals surface area contributed by atoms with E-state index in [4.69, 9.17) is 0 Å². The fourth-order valence-corrected chi connectivity index (χ4v) is 2.46. The maximum Gasteiger partial charge on any atom is 0.159 e. The Hall–Kier alpha value is -1.35. The molecule has 0 heterocycles. The molecule has 0 saturated heterocycles. The number of carbonyl (C=O) groups is 1. The van der Waals surface area contributed by atoms with Gasteiger partial charge in [0.1, 0.15) is 0 Å². The lowest BCUT2D eigenvalue weighted by Gasteiger charge is -2.25. The number of carbonyl (C=O) groups excluding carboxylic acids is 1. The Bertz CT molecular complexity index is 409. The molecule has 1 aliphatic rings. The Labute approximate surface area is 108 Å². The molecule has 98 valence electrons. The molecule has 0 bridgehead atoms. The average molecular weight is 247 g/mol. The zero-order valence-corrected chi connectivity index (χ0v) is 10.9. The first-order chi connectivity index (χ1) is 8.65. The molecule has 1 saturated carbocycles. The van der Waals surface area contributed by atoms with Crippen LogP contribution in [0.1, 0.15) is 43.0 Å². The molecule has 1 fully saturated rings. The molecule has 0 atom stereocenters. The molecule has 1 aliphatic carbocycles. The van der Waals surface area contributed by atoms with Crippen LogP contribution in [-0.4, -0.2) is 23.5 Å². The Balaban J connectivity index is 1.86. The number of benzene rings is 1. The topological polar surface area (TPSA) is 49.3 Å². The van der Waals surface area contributed by atoms with E-state index < -0.39 is 0 Å². The summed E-state index contributed by atoms with van der Waals surface area (Å²) in [5, 5.41) is 12.8. The first-order valence-electron chi connectivity index (χ1n) is 6.68. The number of rotatable bonds is 4. The lowest BCUT2D eigenvalue weighted by molar-refractivity contribution is 0.101. The Morgan fingerprint density at radius 3 is 2.72 bits per heavy atom. The molecule has 0 radical (unpaired) electrons. The van der Waals surface area contributed by atoms with Gasteiger partial charge in [0.25, 0.3) is 0 Å². The van der Waals surface area contributed by atoms with Gasteiger partial charge in [-0.1, -0.05) is 12.1 Å². The van der Waals surface area contributed by atoms with Crippen molar-refractivity contribution >= 4 is 11.5 Å². The highest BCUT2D eigenvalue weighted by Gasteiger charge is 2.18. The third-order valence-corrected chi connectivity index (χ3v) is 3.68. The van der Waals surface area contributed by atoms with Gasteiger partial charge in [-0.25, -0.2) is 0 Å². The molecule has 2 rings (SSSR count). The summed E-state index contributed by atoms with van der Waals surface area (Å²) in [6.45, 7) is 2.51. The van der Waals surface area contributed by atoms with Crippen molar-refractivity contribution in [3.8, 4) is 0 Å². The van der Waals surface area contributed by atoms with Crippen LogP contribution in [0.25, 0.3) is 0 Å². The average Bonchev–Trinajstić information content (AvgIpc) is 2.38. The molecule has 3 nitrogen and oxygen atoms in total. The number of hydrogen-bond donors (Lipinski definition) is 2. The van der Waals surface area contributed by atoms with Crippen molar-refractivity contribution in [1.82, 2.24) is 0 Å². The van der Waals surface area contributed by atoms with Gasteiger partial charge in [-0.3, -0.25) is 4.79 Å². The van der Waals surface area contributed by atoms with E-state index in [0.717, 1.165) is 43.5 Å². The zero-order valence-electron chi connectivity index (χ0n) is 10.9. The second-order valence-electron chi connectivity index (χ2n) is 5.19. The first kappa shape index (κ1) is 13.1. The van der Waals surface area contributed by atoms with Gasteiger partial charge in [-0.05, 0) is 50.7 Å². The van der Waals surface area contributed by atoms with Gasteiger partial charge in [0, 0.05) is 17.8 Å². The molecule has 0 amide bonds. The predicted octanol–water partition coefficient (Wildman–Crippen LogP) is 2.85. The predicted molar refractivity (Wildman–Crippen MR) is 72.9 cm³/mol. The van der Waals surface area contributed by atoms with E-state index >= 15 is 0 Å². The van der Waals surface area contributed by atoms with E-state index in [1.807, 2.05) is 24.3 Å². The fourth-order valence-electron chi connectivity index (χ4n) is 2.46. The van der Waals surface area contributed by atoms with Crippen molar-refractivity contribution in [2.24, 2.45) is 5.92 Å². The van der Waals surface area contributed by atoms with Crippen molar-refractivity contribution in [3.63, 3.8) is 0 Å². The highest BCUT2D eigenvalue weighted by Crippen LogP contribution is 2.24. The summed E-state index contributed by atoms with van der Waals surface area (Å²) >= 11 is 0. The molecular weight excluding hydrogens is 226 g/mol. The largest absolute Gasteiger partial charge is 0.393 e. The Morgan fingerprint density at radius 1 is 1.33 bits per heavy atom. The summed E-state index contributed by atoms with van der Waals surface area (Å²) in [4.78, 5) is 11.3. The van der Waals surface area contributed by atoms with Crippen LogP contribution in [0.2, 0.25) is 0 Å². The molecule has 3 heteroatoms. The summed E-state index contributed by atoms with van der Waals surface area (Å²) in [5.41, 5.74) is 1.76. The zero-order chi connectivity index (χ0) is 13.0. The Morgan fingerprint density at radius 2 is 2.06 bits per heavy atom. The van der Waals surface area contributed by atoms with E-state index in [1.165, 1.54) is 0 Å². The number of aliphatic hydroxyl groups excluding tert-OH is 1. The molecule has 18 heavy (non-hydrogen) atoms. The minimum atomic E-state index is -0.0951. The van der Waals surface area contributed by atoms with Crippen molar-refractivity contribution in [3.05, 3.63) is 29.8 Å². The molecule has 1 aromatic rings. The summed E-state index contributed by atoms with van der Waals surface area (Å²) in [6, 6.07) is 7.64. The molecule has 0 aliphatic heterocycles. The summed E-state index contributed by atoms with van der Waals surface area (Å²) < 4.78 is 0. The van der Waals surface area contributed by atoms with Gasteiger partial charge in [0.05, 0.1) is 6.10 Å². The van der Waals surface area contributed by atoms with Gasteiger partial charge in [0.2, 0.25) is 0 Å². The van der Waals surface area contributed by atoms with Crippen molar-refractivity contribution in [2.45, 2.75) is 38.7 Å². The van der Waals surface area contributed by atoms with Gasteiger partial charge in [-0.2, -0.15) is 0 Å². The fraction of sp³-hybridized carbons (Fsp3) is 0.533. The van der Waals surface area contributed by atoms with Gasteiger partial charge in [-0.15, -0.1) is 0 Å². The van der Waals surface area contributed by atoms with Crippen molar-refractivity contribution in [2.75, 3.05) is 11.9 Å². The molecule has 0 aromatic heterocycles. The maximum absolute atomic E-state index is 11.3. The standard InChI is InChI=1S/C15H21NO2/c1-11(17)13-3-2-4-14(9-13)16-10-12-5-7-15(18)8-6-12/h2-4,9,12,15-16,18H,5-8,10H2,1H3. The minimum absolute atomic E-state index is 0.0951. The highest BCUT2D eigenvalue weighted by atomic mass is 16.3. The van der Waals surface area contributed by atoms with Gasteiger partial charge in [0.15, 0.2) is 5.78 Å². The number of Topliss-reactive ketones (excluding diaryl/α,β-unsaturated/α-hetero) is 1. The Kier molecular flexibility index (Phi) is 4.37. The minimum Gasteiger partial charge on any atom is -0.393 e. The van der Waals surface area contributed by atoms with Crippen LogP contribution in [-0.2, 0) is 0 Å². The number of hydrogen-bond acceptors (Lipinski definition) is 3. The van der Waals surface area contributed by atoms with E-state index in [-0.39, 0.29) is 11.9 Å². The summed E-state index contributed by atoms with van der Waals surface area (Å²) in [6.07, 6.45) is 3.91. The van der Waals surface area contributed by atoms with E-state index in [1.54, 1.807) is 6.92 Å². The van der Waals surface area contributed by atoms with Crippen LogP contribution in [0.5, 0.6) is 0 Å². The smallest absolute Gasteiger partial charge is 0.159 e. The number of nitrogens with one attached hydrogen (secondary N) is 1. The van der Waals surface area contributed by atoms with Crippen LogP contribution in [0, 0.1) is 5.92 Å². The second kappa shape index (κ2) is 6.01. The second-order valence-corrected chi connectivity index (χ2v) is 5.19. The lowest BCUT2D eigenvalue weighted by atomic mass is 9.87. The molecule has 0 spiro atoms. The van der Waals surface area contributed by atoms with Gasteiger partial charge >= 0.3 is 0 Å². The number of ketones is 1. The maximum atomic E-state index is 11.3. The molecular formula is C15H21NO2. The van der Waals surface area contributed by atoms with Crippen LogP contribution in [0.3, 0.4) is 0 Å². The van der Waals surface area contributed by atoms with Crippen LogP contribution >= 0.6 is 0 Å². The van der Waals surface area contributed by atoms with Gasteiger partial charge < -0.3 is 10.4 Å². The molecule has 0 unspecified atom stereocenters. The monoisotopic (exact) mass is 247 g/mol. The lowest BCUT2D eigenvalue weighted by Crippen LogP contribution is -2.23. The highest BCUT2D eigenvalue weighted by molar-refractivity contribution is 5.94. The van der Waals surface area contributed by atoms with E-state index in [2.05, 4.69) is 5.32 Å². The third kappa shape index (κ3) is 3.57. The first-order valence-corrected chi connectivity index (χ1v) is 6.68. The van der Waals surface area contributed by atoms with Crippen molar-refractivity contribution in [1.29, 1.82) is 0 Å². The molecule has 2 N–H and O–H groups in total. The van der Waals surface area contributed by atoms with Crippen LogP contribution < -0.4 is 5.32 Å². The summed E-state index contributed by atoms with van der Waals surface area (Å²) in [5.74, 6) is 0.730. The summed E-state index contributed by atoms with van der Waals surface area (Å²) in [7, 11) is 0. The van der Waals surface area contributed by atoms with E-state index in [0.29, 0.717) is 5.92 Å². The quantitative estimate of drug-likeness (QED) is 0.804. The SMILES string of the molecule is CC(=O)c1cccc(NCC2CCC(O)CC2)c1. The number of anilines is 1. The van der Waals surface area contributed by atoms with Crippen LogP contribution in [0.4, 0.5) is 5.69 Å². The normalized spacial score (nSPS) is 23.7. The van der Waals surface area contributed by atoms with Crippen molar-refractivity contribution < 1.29 is 9.90 Å². The van der Waals surface area contributed by atoms with E-state index in [9.17, 15) is 9.90 Å². The molecule has 1 aromatic carbocycles.